The first-order valence-electron chi connectivity index (χ1n) is 7.14. The van der Waals surface area contributed by atoms with Crippen molar-refractivity contribution in [2.24, 2.45) is 0 Å². The second-order valence-corrected chi connectivity index (χ2v) is 6.99. The molecule has 0 aliphatic rings. The van der Waals surface area contributed by atoms with Gasteiger partial charge < -0.3 is 10.4 Å². The number of amides is 1. The highest BCUT2D eigenvalue weighted by atomic mass is 32.2. The van der Waals surface area contributed by atoms with E-state index in [4.69, 9.17) is 5.11 Å². The van der Waals surface area contributed by atoms with E-state index in [1.54, 1.807) is 12.2 Å². The quantitative estimate of drug-likeness (QED) is 0.709. The summed E-state index contributed by atoms with van der Waals surface area (Å²) in [6.45, 7) is -0.556. The summed E-state index contributed by atoms with van der Waals surface area (Å²) in [5, 5.41) is 10.5. The number of hydrogen-bond acceptors (Lipinski definition) is 4. The molecule has 0 aliphatic heterocycles. The van der Waals surface area contributed by atoms with Crippen molar-refractivity contribution < 1.29 is 36.3 Å². The van der Waals surface area contributed by atoms with E-state index in [2.05, 4.69) is 0 Å². The molecular weight excluding hydrogens is 365 g/mol. The van der Waals surface area contributed by atoms with Gasteiger partial charge in [0.1, 0.15) is 13.1 Å². The van der Waals surface area contributed by atoms with Gasteiger partial charge in [0.2, 0.25) is 10.0 Å². The van der Waals surface area contributed by atoms with Gasteiger partial charge >= 0.3 is 12.1 Å². The Morgan fingerprint density at radius 2 is 1.76 bits per heavy atom. The Kier molecular flexibility index (Phi) is 6.94. The molecule has 0 saturated carbocycles. The summed E-state index contributed by atoms with van der Waals surface area (Å²) in [5.41, 5.74) is -0.150. The number of aliphatic carboxylic acids is 1. The molecular formula is C14H17F3N2O5S. The molecule has 0 atom stereocenters. The summed E-state index contributed by atoms with van der Waals surface area (Å²) >= 11 is 0. The number of carbonyl (C=O) groups is 2. The average Bonchev–Trinajstić information content (AvgIpc) is 2.51. The third-order valence-electron chi connectivity index (χ3n) is 2.99. The molecule has 0 bridgehead atoms. The zero-order valence-corrected chi connectivity index (χ0v) is 14.0. The summed E-state index contributed by atoms with van der Waals surface area (Å²) in [5.74, 6) is -2.32. The first kappa shape index (κ1) is 20.9. The monoisotopic (exact) mass is 382 g/mol. The first-order chi connectivity index (χ1) is 11.5. The number of halogens is 3. The van der Waals surface area contributed by atoms with Crippen LogP contribution in [0.2, 0.25) is 0 Å². The van der Waals surface area contributed by atoms with Gasteiger partial charge in [-0.1, -0.05) is 6.92 Å². The van der Waals surface area contributed by atoms with Gasteiger partial charge in [-0.05, 0) is 30.7 Å². The molecule has 0 aliphatic carbocycles. The van der Waals surface area contributed by atoms with Gasteiger partial charge in [-0.2, -0.15) is 17.5 Å². The van der Waals surface area contributed by atoms with Crippen LogP contribution in [0.25, 0.3) is 0 Å². The highest BCUT2D eigenvalue weighted by Crippen LogP contribution is 2.17. The van der Waals surface area contributed by atoms with E-state index in [1.165, 1.54) is 0 Å². The van der Waals surface area contributed by atoms with E-state index < -0.39 is 41.2 Å². The van der Waals surface area contributed by atoms with Crippen molar-refractivity contribution in [3.05, 3.63) is 29.8 Å². The Balaban J connectivity index is 2.96. The molecule has 0 radical (unpaired) electrons. The predicted octanol–water partition coefficient (Wildman–Crippen LogP) is 1.46. The van der Waals surface area contributed by atoms with Gasteiger partial charge in [0, 0.05) is 12.1 Å². The van der Waals surface area contributed by atoms with Crippen molar-refractivity contribution in [2.75, 3.05) is 19.6 Å². The van der Waals surface area contributed by atoms with Crippen LogP contribution in [-0.4, -0.2) is 55.5 Å². The minimum atomic E-state index is -4.56. The lowest BCUT2D eigenvalue weighted by molar-refractivity contribution is -0.137. The third-order valence-corrected chi connectivity index (χ3v) is 4.85. The number of carboxylic acids is 1. The summed E-state index contributed by atoms with van der Waals surface area (Å²) in [7, 11) is -4.10. The van der Waals surface area contributed by atoms with Crippen LogP contribution in [0.15, 0.2) is 29.2 Å². The molecule has 1 amide bonds. The lowest BCUT2D eigenvalue weighted by Gasteiger charge is -2.19. The second-order valence-electron chi connectivity index (χ2n) is 5.05. The maximum Gasteiger partial charge on any atom is 0.405 e. The average molecular weight is 382 g/mol. The molecule has 140 valence electrons. The number of benzene rings is 1. The topological polar surface area (TPSA) is 104 Å². The molecule has 0 heterocycles. The molecule has 0 saturated heterocycles. The van der Waals surface area contributed by atoms with E-state index in [0.717, 1.165) is 28.6 Å². The molecule has 1 aromatic rings. The van der Waals surface area contributed by atoms with Crippen LogP contribution < -0.4 is 5.32 Å². The standard InChI is InChI=1S/C14H17F3N2O5S/c1-2-7-19(8-12(20)21)25(23,24)11-5-3-10(4-6-11)13(22)18-9-14(15,16)17/h3-6H,2,7-9H2,1H3,(H,18,22)(H,20,21). The number of sulfonamides is 1. The number of alkyl halides is 3. The minimum absolute atomic E-state index is 0.0115. The zero-order chi connectivity index (χ0) is 19.3. The second kappa shape index (κ2) is 8.30. The summed E-state index contributed by atoms with van der Waals surface area (Å²) in [6.07, 6.45) is -4.17. The fraction of sp³-hybridized carbons (Fsp3) is 0.429. The van der Waals surface area contributed by atoms with Crippen molar-refractivity contribution >= 4 is 21.9 Å². The molecule has 25 heavy (non-hydrogen) atoms. The van der Waals surface area contributed by atoms with E-state index in [-0.39, 0.29) is 17.0 Å². The van der Waals surface area contributed by atoms with Crippen LogP contribution in [0.4, 0.5) is 13.2 Å². The van der Waals surface area contributed by atoms with E-state index in [0.29, 0.717) is 6.42 Å². The maximum atomic E-state index is 12.4. The van der Waals surface area contributed by atoms with Gasteiger partial charge in [-0.25, -0.2) is 8.42 Å². The van der Waals surface area contributed by atoms with Crippen molar-refractivity contribution in [2.45, 2.75) is 24.4 Å². The molecule has 0 unspecified atom stereocenters. The van der Waals surface area contributed by atoms with Crippen LogP contribution in [0, 0.1) is 0 Å². The largest absolute Gasteiger partial charge is 0.480 e. The SMILES string of the molecule is CCCN(CC(=O)O)S(=O)(=O)c1ccc(C(=O)NCC(F)(F)F)cc1. The smallest absolute Gasteiger partial charge is 0.405 e. The molecule has 0 aromatic heterocycles. The number of nitrogens with one attached hydrogen (secondary N) is 1. The van der Waals surface area contributed by atoms with Gasteiger partial charge in [0.05, 0.1) is 4.90 Å². The van der Waals surface area contributed by atoms with Crippen LogP contribution in [0.5, 0.6) is 0 Å². The molecule has 0 fully saturated rings. The van der Waals surface area contributed by atoms with Gasteiger partial charge in [-0.15, -0.1) is 0 Å². The zero-order valence-electron chi connectivity index (χ0n) is 13.2. The molecule has 11 heteroatoms. The lowest BCUT2D eigenvalue weighted by Crippen LogP contribution is -2.36. The van der Waals surface area contributed by atoms with Gasteiger partial charge in [0.15, 0.2) is 0 Å². The normalized spacial score (nSPS) is 12.2. The number of carboxylic acid groups (broad SMARTS) is 1. The van der Waals surface area contributed by atoms with Crippen molar-refractivity contribution in [1.29, 1.82) is 0 Å². The fourth-order valence-corrected chi connectivity index (χ4v) is 3.38. The Morgan fingerprint density at radius 1 is 1.20 bits per heavy atom. The number of nitrogens with zero attached hydrogens (tertiary/aromatic N) is 1. The molecule has 0 spiro atoms. The molecule has 1 aromatic carbocycles. The van der Waals surface area contributed by atoms with E-state index in [1.807, 2.05) is 0 Å². The lowest BCUT2D eigenvalue weighted by atomic mass is 10.2. The minimum Gasteiger partial charge on any atom is -0.480 e. The van der Waals surface area contributed by atoms with Crippen molar-refractivity contribution in [1.82, 2.24) is 9.62 Å². The van der Waals surface area contributed by atoms with E-state index >= 15 is 0 Å². The predicted molar refractivity (Wildman–Crippen MR) is 81.5 cm³/mol. The highest BCUT2D eigenvalue weighted by molar-refractivity contribution is 7.89. The van der Waals surface area contributed by atoms with Gasteiger partial charge in [0.25, 0.3) is 5.91 Å². The first-order valence-corrected chi connectivity index (χ1v) is 8.58. The fourth-order valence-electron chi connectivity index (χ4n) is 1.89. The number of rotatable bonds is 8. The van der Waals surface area contributed by atoms with Gasteiger partial charge in [-0.3, -0.25) is 9.59 Å². The van der Waals surface area contributed by atoms with Crippen LogP contribution in [0.3, 0.4) is 0 Å². The summed E-state index contributed by atoms with van der Waals surface area (Å²) in [4.78, 5) is 22.1. The molecule has 2 N–H and O–H groups in total. The Hall–Kier alpha value is -2.14. The Bertz CT molecular complexity index is 717. The Morgan fingerprint density at radius 3 is 2.20 bits per heavy atom. The third kappa shape index (κ3) is 6.35. The summed E-state index contributed by atoms with van der Waals surface area (Å²) < 4.78 is 61.8. The Labute approximate surface area is 142 Å². The number of hydrogen-bond donors (Lipinski definition) is 2. The van der Waals surface area contributed by atoms with E-state index in [9.17, 15) is 31.2 Å². The summed E-state index contributed by atoms with van der Waals surface area (Å²) in [6, 6.07) is 4.21. The van der Waals surface area contributed by atoms with Crippen molar-refractivity contribution in [3.8, 4) is 0 Å². The molecule has 7 nitrogen and oxygen atoms in total. The van der Waals surface area contributed by atoms with Crippen molar-refractivity contribution in [3.63, 3.8) is 0 Å². The van der Waals surface area contributed by atoms with Crippen LogP contribution >= 0.6 is 0 Å². The maximum absolute atomic E-state index is 12.4. The van der Waals surface area contributed by atoms with Crippen LogP contribution in [0.1, 0.15) is 23.7 Å². The van der Waals surface area contributed by atoms with Crippen LogP contribution in [-0.2, 0) is 14.8 Å². The number of carbonyl (C=O) groups excluding carboxylic acids is 1. The molecule has 1 rings (SSSR count). The highest BCUT2D eigenvalue weighted by Gasteiger charge is 2.28.